The van der Waals surface area contributed by atoms with Crippen LogP contribution in [0.2, 0.25) is 0 Å². The Kier molecular flexibility index (Phi) is 3.91. The van der Waals surface area contributed by atoms with Crippen LogP contribution < -0.4 is 5.32 Å². The van der Waals surface area contributed by atoms with Crippen LogP contribution in [-0.2, 0) is 14.6 Å². The topological polar surface area (TPSA) is 78.8 Å². The van der Waals surface area contributed by atoms with Gasteiger partial charge in [0.2, 0.25) is 0 Å². The van der Waals surface area contributed by atoms with E-state index < -0.39 is 15.4 Å². The molecule has 1 aliphatic rings. The van der Waals surface area contributed by atoms with Crippen LogP contribution in [-0.4, -0.2) is 50.9 Å². The highest BCUT2D eigenvalue weighted by Gasteiger charge is 2.45. The standard InChI is InChI=1S/C15H21N3O3S/c1-9-7-11(8-10(2)12(9)22(6,20)21)13-15(3,16-4)14(19)18(5)17-13/h7-8,16H,1-6H3/t15-/m1/s1. The number of carbonyl (C=O) groups is 1. The molecule has 1 N–H and O–H groups in total. The second-order valence-electron chi connectivity index (χ2n) is 5.86. The molecule has 6 nitrogen and oxygen atoms in total. The maximum absolute atomic E-state index is 12.3. The van der Waals surface area contributed by atoms with Gasteiger partial charge in [-0.3, -0.25) is 4.79 Å². The Labute approximate surface area is 131 Å². The number of rotatable bonds is 3. The van der Waals surface area contributed by atoms with Gasteiger partial charge < -0.3 is 5.32 Å². The van der Waals surface area contributed by atoms with Crippen LogP contribution in [0.3, 0.4) is 0 Å². The molecular weight excluding hydrogens is 302 g/mol. The van der Waals surface area contributed by atoms with Crippen LogP contribution in [0.1, 0.15) is 23.6 Å². The van der Waals surface area contributed by atoms with Gasteiger partial charge in [-0.15, -0.1) is 0 Å². The van der Waals surface area contributed by atoms with Crippen LogP contribution in [0, 0.1) is 13.8 Å². The van der Waals surface area contributed by atoms with Crippen LogP contribution in [0.5, 0.6) is 0 Å². The molecule has 0 aliphatic carbocycles. The van der Waals surface area contributed by atoms with Crippen molar-refractivity contribution < 1.29 is 13.2 Å². The largest absolute Gasteiger partial charge is 0.301 e. The molecule has 0 unspecified atom stereocenters. The Morgan fingerprint density at radius 2 is 1.73 bits per heavy atom. The summed E-state index contributed by atoms with van der Waals surface area (Å²) in [5.41, 5.74) is 1.73. The summed E-state index contributed by atoms with van der Waals surface area (Å²) < 4.78 is 23.8. The molecule has 1 aliphatic heterocycles. The zero-order valence-corrected chi connectivity index (χ0v) is 14.5. The number of benzene rings is 1. The Morgan fingerprint density at radius 3 is 2.14 bits per heavy atom. The fraction of sp³-hybridized carbons (Fsp3) is 0.467. The molecule has 2 rings (SSSR count). The third-order valence-corrected chi connectivity index (χ3v) is 5.44. The minimum Gasteiger partial charge on any atom is -0.301 e. The van der Waals surface area contributed by atoms with Crippen molar-refractivity contribution in [3.8, 4) is 0 Å². The first-order valence-electron chi connectivity index (χ1n) is 6.90. The summed E-state index contributed by atoms with van der Waals surface area (Å²) in [6, 6.07) is 3.54. The Balaban J connectivity index is 2.65. The van der Waals surface area contributed by atoms with Crippen LogP contribution in [0.4, 0.5) is 0 Å². The lowest BCUT2D eigenvalue weighted by atomic mass is 9.89. The lowest BCUT2D eigenvalue weighted by Gasteiger charge is -2.24. The molecule has 1 aromatic rings. The minimum atomic E-state index is -3.29. The molecule has 7 heteroatoms. The average Bonchev–Trinajstić information content (AvgIpc) is 2.61. The maximum atomic E-state index is 12.3. The van der Waals surface area contributed by atoms with Crippen LogP contribution in [0.15, 0.2) is 22.1 Å². The predicted molar refractivity (Wildman–Crippen MR) is 85.8 cm³/mol. The molecule has 1 aromatic carbocycles. The van der Waals surface area contributed by atoms with E-state index in [0.717, 1.165) is 5.56 Å². The van der Waals surface area contributed by atoms with Gasteiger partial charge >= 0.3 is 0 Å². The summed E-state index contributed by atoms with van der Waals surface area (Å²) in [6.45, 7) is 5.28. The number of hydrogen-bond donors (Lipinski definition) is 1. The van der Waals surface area contributed by atoms with E-state index in [0.29, 0.717) is 21.7 Å². The van der Waals surface area contributed by atoms with Crippen LogP contribution in [0.25, 0.3) is 0 Å². The van der Waals surface area contributed by atoms with Crippen LogP contribution >= 0.6 is 0 Å². The second-order valence-corrected chi connectivity index (χ2v) is 7.82. The van der Waals surface area contributed by atoms with Crippen molar-refractivity contribution in [1.29, 1.82) is 0 Å². The molecule has 22 heavy (non-hydrogen) atoms. The van der Waals surface area contributed by atoms with Crippen molar-refractivity contribution in [2.75, 3.05) is 20.4 Å². The monoisotopic (exact) mass is 323 g/mol. The molecule has 0 saturated carbocycles. The summed E-state index contributed by atoms with van der Waals surface area (Å²) in [4.78, 5) is 12.6. The van der Waals surface area contributed by atoms with Crippen molar-refractivity contribution in [2.45, 2.75) is 31.2 Å². The van der Waals surface area contributed by atoms with Gasteiger partial charge in [-0.05, 0) is 51.1 Å². The maximum Gasteiger partial charge on any atom is 0.268 e. The number of carbonyl (C=O) groups excluding carboxylic acids is 1. The lowest BCUT2D eigenvalue weighted by Crippen LogP contribution is -2.53. The lowest BCUT2D eigenvalue weighted by molar-refractivity contribution is -0.131. The number of aryl methyl sites for hydroxylation is 2. The van der Waals surface area contributed by atoms with E-state index >= 15 is 0 Å². The van der Waals surface area contributed by atoms with Crippen molar-refractivity contribution >= 4 is 21.5 Å². The molecule has 0 aromatic heterocycles. The highest BCUT2D eigenvalue weighted by Crippen LogP contribution is 2.28. The van der Waals surface area contributed by atoms with Gasteiger partial charge in [-0.25, -0.2) is 13.4 Å². The van der Waals surface area contributed by atoms with E-state index in [1.165, 1.54) is 11.3 Å². The van der Waals surface area contributed by atoms with Crippen molar-refractivity contribution in [1.82, 2.24) is 10.3 Å². The Morgan fingerprint density at radius 1 is 1.23 bits per heavy atom. The smallest absolute Gasteiger partial charge is 0.268 e. The summed E-state index contributed by atoms with van der Waals surface area (Å²) in [6.07, 6.45) is 1.20. The van der Waals surface area contributed by atoms with Gasteiger partial charge in [0.25, 0.3) is 5.91 Å². The third kappa shape index (κ3) is 2.44. The quantitative estimate of drug-likeness (QED) is 0.895. The van der Waals surface area contributed by atoms with E-state index in [-0.39, 0.29) is 5.91 Å². The van der Waals surface area contributed by atoms with Crippen molar-refractivity contribution in [2.24, 2.45) is 5.10 Å². The first-order valence-corrected chi connectivity index (χ1v) is 8.79. The molecular formula is C15H21N3O3S. The third-order valence-electron chi connectivity index (χ3n) is 4.05. The summed E-state index contributed by atoms with van der Waals surface area (Å²) in [5, 5.41) is 8.65. The van der Waals surface area contributed by atoms with Crippen molar-refractivity contribution in [3.05, 3.63) is 28.8 Å². The van der Waals surface area contributed by atoms with E-state index in [1.807, 2.05) is 0 Å². The highest BCUT2D eigenvalue weighted by atomic mass is 32.2. The SMILES string of the molecule is CN[C@@]1(C)C(=O)N(C)N=C1c1cc(C)c(S(C)(=O)=O)c(C)c1. The Bertz CT molecular complexity index is 760. The summed E-state index contributed by atoms with van der Waals surface area (Å²) >= 11 is 0. The summed E-state index contributed by atoms with van der Waals surface area (Å²) in [5.74, 6) is -0.146. The Hall–Kier alpha value is -1.73. The second kappa shape index (κ2) is 5.17. The zero-order valence-electron chi connectivity index (χ0n) is 13.7. The molecule has 120 valence electrons. The fourth-order valence-electron chi connectivity index (χ4n) is 2.96. The van der Waals surface area contributed by atoms with E-state index in [9.17, 15) is 13.2 Å². The number of hydrogen-bond acceptors (Lipinski definition) is 5. The predicted octanol–water partition coefficient (Wildman–Crippen LogP) is 0.861. The minimum absolute atomic E-state index is 0.146. The number of likely N-dealkylation sites (N-methyl/N-ethyl adjacent to an activating group) is 2. The molecule has 1 amide bonds. The normalized spacial score (nSPS) is 22.2. The molecule has 1 atom stereocenters. The molecule has 0 fully saturated rings. The fourth-order valence-corrected chi connectivity index (χ4v) is 4.25. The summed E-state index contributed by atoms with van der Waals surface area (Å²) in [7, 11) is 0.0190. The average molecular weight is 323 g/mol. The van der Waals surface area contributed by atoms with E-state index in [2.05, 4.69) is 10.4 Å². The number of amides is 1. The van der Waals surface area contributed by atoms with E-state index in [4.69, 9.17) is 0 Å². The van der Waals surface area contributed by atoms with Gasteiger partial charge in [-0.1, -0.05) is 0 Å². The zero-order chi connectivity index (χ0) is 16.9. The number of hydrazone groups is 1. The van der Waals surface area contributed by atoms with Gasteiger partial charge in [0.1, 0.15) is 5.54 Å². The van der Waals surface area contributed by atoms with E-state index in [1.54, 1.807) is 47.0 Å². The van der Waals surface area contributed by atoms with Gasteiger partial charge in [0.15, 0.2) is 9.84 Å². The first-order chi connectivity index (χ1) is 10.0. The highest BCUT2D eigenvalue weighted by molar-refractivity contribution is 7.90. The number of nitrogens with zero attached hydrogens (tertiary/aromatic N) is 2. The van der Waals surface area contributed by atoms with Gasteiger partial charge in [0, 0.05) is 18.9 Å². The molecule has 0 saturated heterocycles. The van der Waals surface area contributed by atoms with Gasteiger partial charge in [0.05, 0.1) is 10.6 Å². The molecule has 1 heterocycles. The van der Waals surface area contributed by atoms with Gasteiger partial charge in [-0.2, -0.15) is 5.10 Å². The molecule has 0 radical (unpaired) electrons. The number of nitrogens with one attached hydrogen (secondary N) is 1. The number of sulfone groups is 1. The molecule has 0 bridgehead atoms. The first kappa shape index (κ1) is 16.6. The molecule has 0 spiro atoms. The van der Waals surface area contributed by atoms with Crippen molar-refractivity contribution in [3.63, 3.8) is 0 Å².